The van der Waals surface area contributed by atoms with Crippen LogP contribution in [0.25, 0.3) is 0 Å². The lowest BCUT2D eigenvalue weighted by atomic mass is 9.81. The highest BCUT2D eigenvalue weighted by atomic mass is 16.7. The SMILES string of the molecule is CC(C)N(c1ncc(B2OC(C)(C)C(C)(C)O2)cn1)[C@@H]1CCN(C(=O)OC(C)(C)C)C1. The van der Waals surface area contributed by atoms with Gasteiger partial charge in [0.1, 0.15) is 5.60 Å². The van der Waals surface area contributed by atoms with Gasteiger partial charge >= 0.3 is 13.2 Å². The quantitative estimate of drug-likeness (QED) is 0.677. The van der Waals surface area contributed by atoms with Gasteiger partial charge in [0.2, 0.25) is 5.95 Å². The van der Waals surface area contributed by atoms with E-state index < -0.39 is 23.9 Å². The van der Waals surface area contributed by atoms with E-state index in [1.54, 1.807) is 17.3 Å². The highest BCUT2D eigenvalue weighted by molar-refractivity contribution is 6.61. The summed E-state index contributed by atoms with van der Waals surface area (Å²) in [5.41, 5.74) is -0.517. The van der Waals surface area contributed by atoms with Gasteiger partial charge in [-0.2, -0.15) is 0 Å². The van der Waals surface area contributed by atoms with E-state index >= 15 is 0 Å². The van der Waals surface area contributed by atoms with Crippen molar-refractivity contribution in [2.24, 2.45) is 0 Å². The standard InChI is InChI=1S/C22H37BN4O4/c1-15(2)27(17-10-11-26(14-17)19(28)29-20(3,4)5)18-24-12-16(13-25-18)23-30-21(6,7)22(8,9)31-23/h12-13,15,17H,10-11,14H2,1-9H3/t17-/m1/s1. The number of hydrogen-bond donors (Lipinski definition) is 0. The Balaban J connectivity index is 1.71. The molecule has 2 aliphatic heterocycles. The molecule has 0 aliphatic carbocycles. The first-order valence-electron chi connectivity index (χ1n) is 11.1. The lowest BCUT2D eigenvalue weighted by Gasteiger charge is -2.33. The third-order valence-electron chi connectivity index (χ3n) is 6.18. The van der Waals surface area contributed by atoms with Crippen LogP contribution in [0.15, 0.2) is 12.4 Å². The van der Waals surface area contributed by atoms with E-state index in [0.29, 0.717) is 19.0 Å². The van der Waals surface area contributed by atoms with E-state index in [4.69, 9.17) is 14.0 Å². The summed E-state index contributed by atoms with van der Waals surface area (Å²) in [4.78, 5) is 25.7. The van der Waals surface area contributed by atoms with Crippen molar-refractivity contribution in [3.8, 4) is 0 Å². The molecule has 3 heterocycles. The minimum absolute atomic E-state index is 0.134. The van der Waals surface area contributed by atoms with E-state index in [-0.39, 0.29) is 18.2 Å². The van der Waals surface area contributed by atoms with Crippen LogP contribution in [-0.4, -0.2) is 70.1 Å². The van der Waals surface area contributed by atoms with Gasteiger partial charge in [-0.15, -0.1) is 0 Å². The maximum atomic E-state index is 12.5. The molecule has 9 heteroatoms. The molecule has 8 nitrogen and oxygen atoms in total. The fourth-order valence-corrected chi connectivity index (χ4v) is 3.84. The van der Waals surface area contributed by atoms with Crippen molar-refractivity contribution in [2.45, 2.75) is 97.6 Å². The highest BCUT2D eigenvalue weighted by Gasteiger charge is 2.52. The fourth-order valence-electron chi connectivity index (χ4n) is 3.84. The average molecular weight is 432 g/mol. The van der Waals surface area contributed by atoms with Gasteiger partial charge in [-0.3, -0.25) is 0 Å². The topological polar surface area (TPSA) is 77.0 Å². The molecule has 3 rings (SSSR count). The molecule has 1 amide bonds. The van der Waals surface area contributed by atoms with Crippen molar-refractivity contribution < 1.29 is 18.8 Å². The first-order valence-corrected chi connectivity index (χ1v) is 11.1. The van der Waals surface area contributed by atoms with Crippen molar-refractivity contribution in [1.82, 2.24) is 14.9 Å². The Morgan fingerprint density at radius 2 is 1.74 bits per heavy atom. The number of likely N-dealkylation sites (tertiary alicyclic amines) is 1. The Bertz CT molecular complexity index is 776. The maximum absolute atomic E-state index is 12.5. The van der Waals surface area contributed by atoms with Crippen molar-refractivity contribution in [1.29, 1.82) is 0 Å². The predicted octanol–water partition coefficient (Wildman–Crippen LogP) is 3.00. The monoisotopic (exact) mass is 432 g/mol. The number of nitrogens with zero attached hydrogens (tertiary/aromatic N) is 4. The maximum Gasteiger partial charge on any atom is 0.498 e. The molecule has 0 bridgehead atoms. The third-order valence-corrected chi connectivity index (χ3v) is 6.18. The summed E-state index contributed by atoms with van der Waals surface area (Å²) in [5.74, 6) is 0.645. The summed E-state index contributed by atoms with van der Waals surface area (Å²) in [5, 5.41) is 0. The fraction of sp³-hybridized carbons (Fsp3) is 0.773. The van der Waals surface area contributed by atoms with Gasteiger partial charge in [0, 0.05) is 37.0 Å². The number of amides is 1. The molecule has 0 spiro atoms. The van der Waals surface area contributed by atoms with Crippen LogP contribution in [0.2, 0.25) is 0 Å². The second-order valence-corrected chi connectivity index (χ2v) is 10.8. The van der Waals surface area contributed by atoms with E-state index in [1.807, 2.05) is 48.5 Å². The van der Waals surface area contributed by atoms with E-state index in [1.165, 1.54) is 0 Å². The minimum atomic E-state index is -0.501. The molecule has 172 valence electrons. The Kier molecular flexibility index (Phi) is 6.33. The molecule has 0 N–H and O–H groups in total. The van der Waals surface area contributed by atoms with Crippen LogP contribution in [-0.2, 0) is 14.0 Å². The molecule has 31 heavy (non-hydrogen) atoms. The zero-order chi connectivity index (χ0) is 23.2. The molecule has 0 saturated carbocycles. The molecule has 2 aliphatic rings. The van der Waals surface area contributed by atoms with Crippen LogP contribution in [0.5, 0.6) is 0 Å². The molecule has 2 fully saturated rings. The molecule has 1 atom stereocenters. The van der Waals surface area contributed by atoms with Crippen LogP contribution in [0, 0.1) is 0 Å². The Morgan fingerprint density at radius 3 is 2.23 bits per heavy atom. The van der Waals surface area contributed by atoms with E-state index in [9.17, 15) is 4.79 Å². The summed E-state index contributed by atoms with van der Waals surface area (Å²) in [6.45, 7) is 19.2. The Hall–Kier alpha value is -1.87. The second kappa shape index (κ2) is 8.24. The van der Waals surface area contributed by atoms with Crippen LogP contribution >= 0.6 is 0 Å². The number of carbonyl (C=O) groups excluding carboxylic acids is 1. The first-order chi connectivity index (χ1) is 14.2. The van der Waals surface area contributed by atoms with Gasteiger partial charge in [0.15, 0.2) is 0 Å². The van der Waals surface area contributed by atoms with Gasteiger partial charge < -0.3 is 23.8 Å². The normalized spacial score (nSPS) is 22.8. The minimum Gasteiger partial charge on any atom is -0.444 e. The molecule has 0 unspecified atom stereocenters. The third kappa shape index (κ3) is 5.14. The lowest BCUT2D eigenvalue weighted by Crippen LogP contribution is -2.45. The summed E-state index contributed by atoms with van der Waals surface area (Å²) < 4.78 is 17.7. The Labute approximate surface area is 186 Å². The molecule has 0 aromatic carbocycles. The van der Waals surface area contributed by atoms with Gasteiger partial charge in [-0.1, -0.05) is 0 Å². The largest absolute Gasteiger partial charge is 0.498 e. The highest BCUT2D eigenvalue weighted by Crippen LogP contribution is 2.36. The zero-order valence-electron chi connectivity index (χ0n) is 20.4. The summed E-state index contributed by atoms with van der Waals surface area (Å²) in [6, 6.07) is 0.321. The summed E-state index contributed by atoms with van der Waals surface area (Å²) in [6.07, 6.45) is 4.14. The number of aromatic nitrogens is 2. The number of anilines is 1. The zero-order valence-corrected chi connectivity index (χ0v) is 20.4. The first kappa shape index (κ1) is 23.8. The van der Waals surface area contributed by atoms with Crippen molar-refractivity contribution in [3.63, 3.8) is 0 Å². The second-order valence-electron chi connectivity index (χ2n) is 10.8. The van der Waals surface area contributed by atoms with Crippen molar-refractivity contribution in [2.75, 3.05) is 18.0 Å². The molecular formula is C22H37BN4O4. The summed E-state index contributed by atoms with van der Waals surface area (Å²) in [7, 11) is -0.485. The van der Waals surface area contributed by atoms with Gasteiger partial charge in [0.25, 0.3) is 0 Å². The molecule has 1 aromatic heterocycles. The lowest BCUT2D eigenvalue weighted by molar-refractivity contribution is 0.00578. The van der Waals surface area contributed by atoms with Crippen LogP contribution in [0.3, 0.4) is 0 Å². The van der Waals surface area contributed by atoms with Crippen molar-refractivity contribution >= 4 is 24.6 Å². The molecule has 1 aromatic rings. The number of rotatable bonds is 4. The number of carbonyl (C=O) groups is 1. The number of hydrogen-bond acceptors (Lipinski definition) is 7. The van der Waals surface area contributed by atoms with E-state index in [0.717, 1.165) is 11.9 Å². The van der Waals surface area contributed by atoms with Gasteiger partial charge in [-0.05, 0) is 68.7 Å². The van der Waals surface area contributed by atoms with Crippen LogP contribution in [0.1, 0.15) is 68.7 Å². The predicted molar refractivity (Wildman–Crippen MR) is 122 cm³/mol. The molecule has 0 radical (unpaired) electrons. The van der Waals surface area contributed by atoms with Crippen LogP contribution in [0.4, 0.5) is 10.7 Å². The molecular weight excluding hydrogens is 395 g/mol. The average Bonchev–Trinajstić information content (AvgIpc) is 3.17. The summed E-state index contributed by atoms with van der Waals surface area (Å²) >= 11 is 0. The van der Waals surface area contributed by atoms with Crippen molar-refractivity contribution in [3.05, 3.63) is 12.4 Å². The van der Waals surface area contributed by atoms with Gasteiger partial charge in [-0.25, -0.2) is 14.8 Å². The smallest absolute Gasteiger partial charge is 0.444 e. The Morgan fingerprint density at radius 1 is 1.19 bits per heavy atom. The molecule has 2 saturated heterocycles. The van der Waals surface area contributed by atoms with Gasteiger partial charge in [0.05, 0.1) is 17.2 Å². The van der Waals surface area contributed by atoms with Crippen LogP contribution < -0.4 is 10.4 Å². The van der Waals surface area contributed by atoms with E-state index in [2.05, 4.69) is 28.7 Å². The number of ether oxygens (including phenoxy) is 1.